The number of carboxylic acids is 1. The first-order chi connectivity index (χ1) is 9.15. The summed E-state index contributed by atoms with van der Waals surface area (Å²) < 4.78 is 1.94. The number of hydrogen-bond donors (Lipinski definition) is 1. The third kappa shape index (κ3) is 1.97. The van der Waals surface area contributed by atoms with Crippen molar-refractivity contribution in [3.05, 3.63) is 59.9 Å². The Balaban J connectivity index is 2.16. The molecule has 0 bridgehead atoms. The van der Waals surface area contributed by atoms with Gasteiger partial charge in [0.2, 0.25) is 0 Å². The van der Waals surface area contributed by atoms with Crippen molar-refractivity contribution in [3.63, 3.8) is 0 Å². The summed E-state index contributed by atoms with van der Waals surface area (Å²) in [5, 5.41) is 9.01. The van der Waals surface area contributed by atoms with Crippen LogP contribution in [0.5, 0.6) is 0 Å². The smallest absolute Gasteiger partial charge is 0.335 e. The Bertz CT molecular complexity index is 775. The molecule has 0 fully saturated rings. The van der Waals surface area contributed by atoms with Crippen molar-refractivity contribution >= 4 is 11.6 Å². The van der Waals surface area contributed by atoms with E-state index in [1.165, 1.54) is 0 Å². The molecule has 2 heterocycles. The lowest BCUT2D eigenvalue weighted by molar-refractivity contribution is 0.0697. The van der Waals surface area contributed by atoms with Crippen LogP contribution in [-0.2, 0) is 0 Å². The molecule has 0 amide bonds. The summed E-state index contributed by atoms with van der Waals surface area (Å²) in [4.78, 5) is 15.5. The third-order valence-corrected chi connectivity index (χ3v) is 3.08. The molecule has 1 N–H and O–H groups in total. The summed E-state index contributed by atoms with van der Waals surface area (Å²) in [6.07, 6.45) is 3.84. The number of aromatic nitrogens is 2. The third-order valence-electron chi connectivity index (χ3n) is 3.08. The van der Waals surface area contributed by atoms with Crippen LogP contribution in [0.2, 0.25) is 0 Å². The summed E-state index contributed by atoms with van der Waals surface area (Å²) in [6, 6.07) is 10.8. The van der Waals surface area contributed by atoms with Gasteiger partial charge in [-0.1, -0.05) is 18.2 Å². The fourth-order valence-electron chi connectivity index (χ4n) is 2.10. The molecule has 0 aliphatic rings. The maximum absolute atomic E-state index is 11.0. The molecule has 94 valence electrons. The number of aromatic carboxylic acids is 1. The Morgan fingerprint density at radius 2 is 2.11 bits per heavy atom. The van der Waals surface area contributed by atoms with E-state index in [9.17, 15) is 4.79 Å². The molecular formula is C15H12N2O2. The number of fused-ring (bicyclic) bond motifs is 1. The van der Waals surface area contributed by atoms with Gasteiger partial charge in [-0.15, -0.1) is 0 Å². The molecular weight excluding hydrogens is 240 g/mol. The standard InChI is InChI=1S/C15H12N2O2/c1-10-4-3-7-17-9-13(16-14(10)17)11-5-2-6-12(8-11)15(18)19/h2-9H,1H3,(H,18,19). The Kier molecular flexibility index (Phi) is 2.56. The van der Waals surface area contributed by atoms with Gasteiger partial charge in [-0.25, -0.2) is 9.78 Å². The molecule has 0 radical (unpaired) electrons. The average molecular weight is 252 g/mol. The molecule has 4 heteroatoms. The van der Waals surface area contributed by atoms with Gasteiger partial charge in [0.15, 0.2) is 0 Å². The first-order valence-electron chi connectivity index (χ1n) is 5.93. The number of hydrogen-bond acceptors (Lipinski definition) is 2. The van der Waals surface area contributed by atoms with E-state index in [1.807, 2.05) is 41.9 Å². The predicted molar refractivity (Wildman–Crippen MR) is 72.3 cm³/mol. The minimum Gasteiger partial charge on any atom is -0.478 e. The Labute approximate surface area is 110 Å². The monoisotopic (exact) mass is 252 g/mol. The molecule has 2 aromatic heterocycles. The van der Waals surface area contributed by atoms with E-state index in [4.69, 9.17) is 5.11 Å². The molecule has 0 aliphatic heterocycles. The van der Waals surface area contributed by atoms with E-state index in [-0.39, 0.29) is 5.56 Å². The number of pyridine rings is 1. The second kappa shape index (κ2) is 4.24. The van der Waals surface area contributed by atoms with Crippen molar-refractivity contribution in [2.75, 3.05) is 0 Å². The average Bonchev–Trinajstić information content (AvgIpc) is 2.84. The number of benzene rings is 1. The van der Waals surface area contributed by atoms with E-state index >= 15 is 0 Å². The molecule has 3 rings (SSSR count). The van der Waals surface area contributed by atoms with Gasteiger partial charge in [-0.3, -0.25) is 0 Å². The second-order valence-electron chi connectivity index (χ2n) is 4.43. The van der Waals surface area contributed by atoms with Crippen LogP contribution in [-0.4, -0.2) is 20.5 Å². The highest BCUT2D eigenvalue weighted by molar-refractivity contribution is 5.89. The number of imidazole rings is 1. The van der Waals surface area contributed by atoms with Crippen molar-refractivity contribution in [2.45, 2.75) is 6.92 Å². The summed E-state index contributed by atoms with van der Waals surface area (Å²) in [7, 11) is 0. The molecule has 0 saturated carbocycles. The Hall–Kier alpha value is -2.62. The Morgan fingerprint density at radius 1 is 1.26 bits per heavy atom. The van der Waals surface area contributed by atoms with Crippen LogP contribution in [0.1, 0.15) is 15.9 Å². The second-order valence-corrected chi connectivity index (χ2v) is 4.43. The number of aryl methyl sites for hydroxylation is 1. The quantitative estimate of drug-likeness (QED) is 0.762. The number of nitrogens with zero attached hydrogens (tertiary/aromatic N) is 2. The summed E-state index contributed by atoms with van der Waals surface area (Å²) in [6.45, 7) is 2.00. The van der Waals surface area contributed by atoms with E-state index in [0.29, 0.717) is 0 Å². The maximum Gasteiger partial charge on any atom is 0.335 e. The first-order valence-corrected chi connectivity index (χ1v) is 5.93. The van der Waals surface area contributed by atoms with E-state index in [0.717, 1.165) is 22.5 Å². The number of carboxylic acid groups (broad SMARTS) is 1. The first kappa shape index (κ1) is 11.5. The molecule has 0 spiro atoms. The predicted octanol–water partition coefficient (Wildman–Crippen LogP) is 3.01. The van der Waals surface area contributed by atoms with Crippen LogP contribution in [0, 0.1) is 6.92 Å². The van der Waals surface area contributed by atoms with Gasteiger partial charge in [0.05, 0.1) is 11.3 Å². The summed E-state index contributed by atoms with van der Waals surface area (Å²) in [5.74, 6) is -0.929. The molecule has 19 heavy (non-hydrogen) atoms. The van der Waals surface area contributed by atoms with Gasteiger partial charge in [-0.2, -0.15) is 0 Å². The molecule has 0 unspecified atom stereocenters. The number of carbonyl (C=O) groups is 1. The maximum atomic E-state index is 11.0. The van der Waals surface area contributed by atoms with Crippen molar-refractivity contribution in [1.29, 1.82) is 0 Å². The van der Waals surface area contributed by atoms with Gasteiger partial charge < -0.3 is 9.51 Å². The van der Waals surface area contributed by atoms with Gasteiger partial charge in [0, 0.05) is 18.0 Å². The van der Waals surface area contributed by atoms with Crippen LogP contribution in [0.15, 0.2) is 48.8 Å². The van der Waals surface area contributed by atoms with Gasteiger partial charge in [0.25, 0.3) is 0 Å². The van der Waals surface area contributed by atoms with E-state index in [2.05, 4.69) is 4.98 Å². The number of rotatable bonds is 2. The summed E-state index contributed by atoms with van der Waals surface area (Å²) in [5.41, 5.74) is 3.83. The lowest BCUT2D eigenvalue weighted by Gasteiger charge is -1.98. The van der Waals surface area contributed by atoms with Crippen LogP contribution in [0.25, 0.3) is 16.9 Å². The lowest BCUT2D eigenvalue weighted by Crippen LogP contribution is -1.95. The fourth-order valence-corrected chi connectivity index (χ4v) is 2.10. The minimum absolute atomic E-state index is 0.270. The van der Waals surface area contributed by atoms with Crippen LogP contribution < -0.4 is 0 Å². The van der Waals surface area contributed by atoms with Crippen molar-refractivity contribution < 1.29 is 9.90 Å². The minimum atomic E-state index is -0.929. The Morgan fingerprint density at radius 3 is 2.84 bits per heavy atom. The SMILES string of the molecule is Cc1cccn2cc(-c3cccc(C(=O)O)c3)nc12. The molecule has 4 nitrogen and oxygen atoms in total. The fraction of sp³-hybridized carbons (Fsp3) is 0.0667. The highest BCUT2D eigenvalue weighted by Gasteiger charge is 2.08. The van der Waals surface area contributed by atoms with Crippen molar-refractivity contribution in [3.8, 4) is 11.3 Å². The molecule has 3 aromatic rings. The van der Waals surface area contributed by atoms with Crippen LogP contribution in [0.3, 0.4) is 0 Å². The lowest BCUT2D eigenvalue weighted by atomic mass is 10.1. The van der Waals surface area contributed by atoms with Crippen LogP contribution in [0.4, 0.5) is 0 Å². The molecule has 1 aromatic carbocycles. The van der Waals surface area contributed by atoms with Gasteiger partial charge in [-0.05, 0) is 30.7 Å². The zero-order chi connectivity index (χ0) is 13.4. The highest BCUT2D eigenvalue weighted by atomic mass is 16.4. The largest absolute Gasteiger partial charge is 0.478 e. The normalized spacial score (nSPS) is 10.8. The van der Waals surface area contributed by atoms with Crippen LogP contribution >= 0.6 is 0 Å². The van der Waals surface area contributed by atoms with Gasteiger partial charge >= 0.3 is 5.97 Å². The molecule has 0 saturated heterocycles. The molecule has 0 aliphatic carbocycles. The van der Waals surface area contributed by atoms with Gasteiger partial charge in [0.1, 0.15) is 5.65 Å². The summed E-state index contributed by atoms with van der Waals surface area (Å²) >= 11 is 0. The molecule has 0 atom stereocenters. The topological polar surface area (TPSA) is 54.6 Å². The zero-order valence-electron chi connectivity index (χ0n) is 10.4. The van der Waals surface area contributed by atoms with Crippen molar-refractivity contribution in [2.24, 2.45) is 0 Å². The zero-order valence-corrected chi connectivity index (χ0v) is 10.4. The van der Waals surface area contributed by atoms with E-state index < -0.39 is 5.97 Å². The van der Waals surface area contributed by atoms with E-state index in [1.54, 1.807) is 18.2 Å². The van der Waals surface area contributed by atoms with Crippen molar-refractivity contribution in [1.82, 2.24) is 9.38 Å². The highest BCUT2D eigenvalue weighted by Crippen LogP contribution is 2.21.